The van der Waals surface area contributed by atoms with E-state index in [0.29, 0.717) is 0 Å². The highest BCUT2D eigenvalue weighted by Gasteiger charge is 2.22. The van der Waals surface area contributed by atoms with Crippen LogP contribution in [-0.2, 0) is 0 Å². The van der Waals surface area contributed by atoms with Gasteiger partial charge in [0.15, 0.2) is 0 Å². The molecule has 21 rings (SSSR count). The molecule has 17 aromatic carbocycles. The predicted octanol–water partition coefficient (Wildman–Crippen LogP) is 29.0. The smallest absolute Gasteiger partial charge is 0.137 e. The summed E-state index contributed by atoms with van der Waals surface area (Å²) in [6.07, 6.45) is 0. The van der Waals surface area contributed by atoms with Crippen molar-refractivity contribution in [2.24, 2.45) is 0 Å². The molecule has 0 aliphatic heterocycles. The number of hydrogen-bond donors (Lipinski definition) is 0. The van der Waals surface area contributed by atoms with E-state index in [0.717, 1.165) is 155 Å². The van der Waals surface area contributed by atoms with Gasteiger partial charge in [-0.25, -0.2) is 0 Å². The molecule has 0 spiro atoms. The van der Waals surface area contributed by atoms with Crippen molar-refractivity contribution in [1.82, 2.24) is 0 Å². The fourth-order valence-electron chi connectivity index (χ4n) is 16.0. The number of hydrogen-bond acceptors (Lipinski definition) is 6. The molecule has 0 radical (unpaired) electrons. The first kappa shape index (κ1) is 59.4. The van der Waals surface area contributed by atoms with E-state index in [-0.39, 0.29) is 0 Å². The fraction of sp³-hybridized carbons (Fsp3) is 0. The molecule has 5 nitrogen and oxygen atoms in total. The summed E-state index contributed by atoms with van der Waals surface area (Å²) in [5.74, 6) is 0. The molecule has 0 unspecified atom stereocenters. The first-order valence-corrected chi connectivity index (χ1v) is 36.1. The van der Waals surface area contributed by atoms with Crippen LogP contribution in [-0.4, -0.2) is 0 Å². The quantitative estimate of drug-likeness (QED) is 0.122. The van der Waals surface area contributed by atoms with E-state index < -0.39 is 0 Å². The minimum atomic E-state index is 0.840. The molecule has 0 aliphatic rings. The lowest BCUT2D eigenvalue weighted by atomic mass is 9.92. The minimum Gasteiger partial charge on any atom is -0.456 e. The zero-order valence-electron chi connectivity index (χ0n) is 56.2. The van der Waals surface area contributed by atoms with E-state index in [9.17, 15) is 0 Å². The second-order valence-corrected chi connectivity index (χ2v) is 28.2. The number of thiophene rings is 1. The molecule has 0 saturated carbocycles. The van der Waals surface area contributed by atoms with Gasteiger partial charge in [-0.3, -0.25) is 0 Å². The van der Waals surface area contributed by atoms with Gasteiger partial charge in [0.25, 0.3) is 0 Å². The van der Waals surface area contributed by atoms with E-state index >= 15 is 0 Å². The van der Waals surface area contributed by atoms with Crippen molar-refractivity contribution >= 4 is 153 Å². The third kappa shape index (κ3) is 10.1. The van der Waals surface area contributed by atoms with Crippen molar-refractivity contribution in [2.75, 3.05) is 9.80 Å². The summed E-state index contributed by atoms with van der Waals surface area (Å²) in [4.78, 5) is 4.71. The summed E-state index contributed by atoms with van der Waals surface area (Å²) in [5.41, 5.74) is 25.0. The maximum Gasteiger partial charge on any atom is 0.137 e. The summed E-state index contributed by atoms with van der Waals surface area (Å²) >= 11 is 1.85. The van der Waals surface area contributed by atoms with E-state index in [4.69, 9.17) is 13.3 Å². The molecule has 0 aliphatic carbocycles. The molecule has 6 heteroatoms. The van der Waals surface area contributed by atoms with Gasteiger partial charge < -0.3 is 23.1 Å². The van der Waals surface area contributed by atoms with Gasteiger partial charge in [-0.05, 0) is 234 Å². The van der Waals surface area contributed by atoms with Gasteiger partial charge in [-0.15, -0.1) is 11.3 Å². The maximum absolute atomic E-state index is 6.91. The van der Waals surface area contributed by atoms with E-state index in [2.05, 4.69) is 350 Å². The van der Waals surface area contributed by atoms with Crippen molar-refractivity contribution in [3.63, 3.8) is 0 Å². The van der Waals surface area contributed by atoms with E-state index in [1.165, 1.54) is 53.0 Å². The summed E-state index contributed by atoms with van der Waals surface area (Å²) in [6.45, 7) is 0. The molecule has 0 fully saturated rings. The molecule has 0 N–H and O–H groups in total. The van der Waals surface area contributed by atoms with E-state index in [1.807, 2.05) is 35.6 Å². The van der Waals surface area contributed by atoms with Crippen molar-refractivity contribution in [3.05, 3.63) is 364 Å². The van der Waals surface area contributed by atoms with Gasteiger partial charge in [-0.2, -0.15) is 0 Å². The Morgan fingerprint density at radius 1 is 0.183 bits per heavy atom. The lowest BCUT2D eigenvalue weighted by Gasteiger charge is -2.26. The first-order chi connectivity index (χ1) is 51.5. The van der Waals surface area contributed by atoms with Crippen molar-refractivity contribution in [3.8, 4) is 66.8 Å². The first-order valence-electron chi connectivity index (χ1n) is 35.3. The van der Waals surface area contributed by atoms with Gasteiger partial charge in [0, 0.05) is 92.7 Å². The average Bonchev–Trinajstić information content (AvgIpc) is 1.53. The van der Waals surface area contributed by atoms with Crippen LogP contribution in [0.5, 0.6) is 0 Å². The zero-order chi connectivity index (χ0) is 68.3. The number of fused-ring (bicyclic) bond motifs is 14. The topological polar surface area (TPSA) is 45.9 Å². The Morgan fingerprint density at radius 3 is 1.17 bits per heavy atom. The monoisotopic (exact) mass is 1340 g/mol. The number of benzene rings is 17. The summed E-state index contributed by atoms with van der Waals surface area (Å²) in [5, 5.41) is 14.0. The lowest BCUT2D eigenvalue weighted by molar-refractivity contribution is 0.668. The number of rotatable bonds is 12. The molecule has 104 heavy (non-hydrogen) atoms. The van der Waals surface area contributed by atoms with Crippen molar-refractivity contribution < 1.29 is 13.3 Å². The van der Waals surface area contributed by atoms with Gasteiger partial charge in [0.05, 0.1) is 0 Å². The van der Waals surface area contributed by atoms with Gasteiger partial charge >= 0.3 is 0 Å². The van der Waals surface area contributed by atoms with Crippen LogP contribution in [0, 0.1) is 0 Å². The second kappa shape index (κ2) is 24.1. The Kier molecular flexibility index (Phi) is 13.8. The van der Waals surface area contributed by atoms with Gasteiger partial charge in [-0.1, -0.05) is 212 Å². The van der Waals surface area contributed by atoms with Crippen LogP contribution in [0.1, 0.15) is 0 Å². The summed E-state index contributed by atoms with van der Waals surface area (Å²) < 4.78 is 22.4. The molecule has 486 valence electrons. The Labute approximate surface area is 602 Å². The summed E-state index contributed by atoms with van der Waals surface area (Å²) in [6, 6.07) is 132. The molecule has 0 atom stereocenters. The number of furan rings is 3. The van der Waals surface area contributed by atoms with Crippen LogP contribution in [0.15, 0.2) is 377 Å². The minimum absolute atomic E-state index is 0.840. The SMILES string of the molecule is c1cc(-c2cc(-c3ccc4c(c3)oc3cc(-c5ccc(N(c6cccc(-c7cccc8ccccc78)c6)c6ccc7c(c6)oc6ccccc67)cc5)ccc34)cc3ccccc23)cc(N(c2ccc(-c3ccc4c(c3)oc3ccccc34)cc2)c2ccc(-c3cccc4sc5ccccc5c34)cc2)c1. The molecular formula is C98H60N2O3S. The van der Waals surface area contributed by atoms with Gasteiger partial charge in [0.1, 0.15) is 33.5 Å². The normalized spacial score (nSPS) is 11.8. The molecule has 4 aromatic heterocycles. The van der Waals surface area contributed by atoms with Crippen LogP contribution in [0.25, 0.3) is 174 Å². The molecule has 0 amide bonds. The standard InChI is InChI=1S/C98H60N2O3S/c1-3-22-78-63(15-1)17-13-27-79(78)69-18-11-21-76(54-69)100(77-48-52-87-83-25-6-9-30-91(83)102-95(87)60-77)74-44-35-62(36-45-74)66-40-50-85-86-51-41-67(59-94(86)103-93(85)58-66)71-53-68-16-2-4-23-80(68)89(56-71)70-19-12-20-75(55-70)99(72-42-33-61(34-43-72)65-39-49-84-82-24-5-8-29-90(82)101-92(84)57-65)73-46-37-64(38-47-73)81-28-14-32-97-98(81)88-26-7-10-31-96(88)104-97/h1-60H. The summed E-state index contributed by atoms with van der Waals surface area (Å²) in [7, 11) is 0. The van der Waals surface area contributed by atoms with Crippen LogP contribution < -0.4 is 9.80 Å². The van der Waals surface area contributed by atoms with Crippen LogP contribution in [0.2, 0.25) is 0 Å². The number of nitrogens with zero attached hydrogens (tertiary/aromatic N) is 2. The number of para-hydroxylation sites is 2. The fourth-order valence-corrected chi connectivity index (χ4v) is 17.2. The predicted molar refractivity (Wildman–Crippen MR) is 438 cm³/mol. The molecule has 0 saturated heterocycles. The maximum atomic E-state index is 6.91. The second-order valence-electron chi connectivity index (χ2n) is 27.1. The van der Waals surface area contributed by atoms with Gasteiger partial charge in [0.2, 0.25) is 0 Å². The molecule has 4 heterocycles. The van der Waals surface area contributed by atoms with Crippen LogP contribution in [0.4, 0.5) is 34.1 Å². The zero-order valence-corrected chi connectivity index (χ0v) is 57.0. The Bertz CT molecular complexity index is 6990. The highest BCUT2D eigenvalue weighted by molar-refractivity contribution is 7.26. The average molecular weight is 1350 g/mol. The Hall–Kier alpha value is -13.5. The van der Waals surface area contributed by atoms with Crippen LogP contribution >= 0.6 is 11.3 Å². The van der Waals surface area contributed by atoms with Crippen molar-refractivity contribution in [1.29, 1.82) is 0 Å². The van der Waals surface area contributed by atoms with Crippen molar-refractivity contribution in [2.45, 2.75) is 0 Å². The Balaban J connectivity index is 0.618. The third-order valence-electron chi connectivity index (χ3n) is 21.0. The molecular weight excluding hydrogens is 1290 g/mol. The highest BCUT2D eigenvalue weighted by atomic mass is 32.1. The largest absolute Gasteiger partial charge is 0.456 e. The highest BCUT2D eigenvalue weighted by Crippen LogP contribution is 2.47. The molecule has 0 bridgehead atoms. The lowest BCUT2D eigenvalue weighted by Crippen LogP contribution is -2.10. The third-order valence-corrected chi connectivity index (χ3v) is 22.2. The Morgan fingerprint density at radius 2 is 0.567 bits per heavy atom. The molecule has 21 aromatic rings. The van der Waals surface area contributed by atoms with E-state index in [1.54, 1.807) is 0 Å². The number of anilines is 6. The van der Waals surface area contributed by atoms with Crippen LogP contribution in [0.3, 0.4) is 0 Å².